The molecule has 1 heterocycles. The first-order valence-corrected chi connectivity index (χ1v) is 12.0. The molecule has 2 amide bonds. The first-order valence-electron chi connectivity index (χ1n) is 11.6. The van der Waals surface area contributed by atoms with Crippen molar-refractivity contribution in [2.75, 3.05) is 42.7 Å². The molecule has 35 heavy (non-hydrogen) atoms. The zero-order valence-corrected chi connectivity index (χ0v) is 20.9. The topological polar surface area (TPSA) is 64.7 Å². The molecule has 0 bridgehead atoms. The van der Waals surface area contributed by atoms with Crippen molar-refractivity contribution >= 4 is 51.7 Å². The molecule has 0 saturated carbocycles. The molecular weight excluding hydrogens is 460 g/mol. The smallest absolute Gasteiger partial charge is 0.258 e. The van der Waals surface area contributed by atoms with Crippen LogP contribution in [0.15, 0.2) is 72.8 Å². The molecule has 4 rings (SSSR count). The van der Waals surface area contributed by atoms with E-state index in [0.717, 1.165) is 35.5 Å². The molecule has 3 aromatic carbocycles. The molecule has 0 unspecified atom stereocenters. The standard InChI is InChI=1S/C28H29ClN4O2/c1-4-16-32(2)18-25(34)33(3)22-13-11-21(12-14-22)30-27(19-8-6-5-7-9-19)26-23-15-10-20(29)17-24(23)31-28(26)35/h5-15,17,30H,4,16,18H2,1-3H3,(H,31,35)/b27-26-. The summed E-state index contributed by atoms with van der Waals surface area (Å²) in [5.74, 6) is -0.154. The van der Waals surface area contributed by atoms with E-state index in [9.17, 15) is 9.59 Å². The van der Waals surface area contributed by atoms with Crippen molar-refractivity contribution in [2.24, 2.45) is 0 Å². The number of benzene rings is 3. The monoisotopic (exact) mass is 488 g/mol. The summed E-state index contributed by atoms with van der Waals surface area (Å²) in [6, 6.07) is 22.7. The van der Waals surface area contributed by atoms with E-state index < -0.39 is 0 Å². The van der Waals surface area contributed by atoms with Crippen LogP contribution in [-0.2, 0) is 9.59 Å². The van der Waals surface area contributed by atoms with Gasteiger partial charge in [-0.1, -0.05) is 54.9 Å². The molecule has 7 heteroatoms. The van der Waals surface area contributed by atoms with Gasteiger partial charge in [0, 0.05) is 29.0 Å². The van der Waals surface area contributed by atoms with Crippen LogP contribution in [0.2, 0.25) is 5.02 Å². The average Bonchev–Trinajstić information content (AvgIpc) is 3.17. The summed E-state index contributed by atoms with van der Waals surface area (Å²) in [4.78, 5) is 29.3. The minimum absolute atomic E-state index is 0.0339. The van der Waals surface area contributed by atoms with Crippen LogP contribution in [0, 0.1) is 0 Å². The quantitative estimate of drug-likeness (QED) is 0.406. The summed E-state index contributed by atoms with van der Waals surface area (Å²) in [5, 5.41) is 6.92. The molecule has 0 atom stereocenters. The van der Waals surface area contributed by atoms with Crippen molar-refractivity contribution < 1.29 is 9.59 Å². The van der Waals surface area contributed by atoms with Gasteiger partial charge in [0.15, 0.2) is 0 Å². The normalized spacial score (nSPS) is 13.9. The maximum Gasteiger partial charge on any atom is 0.258 e. The number of likely N-dealkylation sites (N-methyl/N-ethyl adjacent to an activating group) is 2. The van der Waals surface area contributed by atoms with E-state index in [1.165, 1.54) is 0 Å². The van der Waals surface area contributed by atoms with Gasteiger partial charge in [-0.25, -0.2) is 0 Å². The average molecular weight is 489 g/mol. The first-order chi connectivity index (χ1) is 16.9. The van der Waals surface area contributed by atoms with E-state index in [2.05, 4.69) is 17.6 Å². The van der Waals surface area contributed by atoms with Gasteiger partial charge in [0.2, 0.25) is 5.91 Å². The number of halogens is 1. The zero-order chi connectivity index (χ0) is 24.9. The Labute approximate surface area is 211 Å². The van der Waals surface area contributed by atoms with Crippen molar-refractivity contribution in [3.05, 3.63) is 88.9 Å². The number of carbonyl (C=O) groups is 2. The van der Waals surface area contributed by atoms with Gasteiger partial charge in [0.25, 0.3) is 5.91 Å². The molecule has 0 fully saturated rings. The highest BCUT2D eigenvalue weighted by Crippen LogP contribution is 2.38. The van der Waals surface area contributed by atoms with Gasteiger partial charge in [-0.2, -0.15) is 0 Å². The highest BCUT2D eigenvalue weighted by molar-refractivity contribution is 6.38. The van der Waals surface area contributed by atoms with E-state index in [1.807, 2.05) is 72.6 Å². The fraction of sp³-hybridized carbons (Fsp3) is 0.214. The fourth-order valence-electron chi connectivity index (χ4n) is 4.13. The predicted molar refractivity (Wildman–Crippen MR) is 145 cm³/mol. The Balaban J connectivity index is 1.63. The van der Waals surface area contributed by atoms with Gasteiger partial charge in [0.1, 0.15) is 0 Å². The second kappa shape index (κ2) is 10.8. The Morgan fingerprint density at radius 2 is 1.71 bits per heavy atom. The lowest BCUT2D eigenvalue weighted by Gasteiger charge is -2.22. The van der Waals surface area contributed by atoms with Gasteiger partial charge in [-0.3, -0.25) is 14.5 Å². The van der Waals surface area contributed by atoms with Crippen LogP contribution >= 0.6 is 11.6 Å². The summed E-state index contributed by atoms with van der Waals surface area (Å²) in [6.45, 7) is 3.34. The van der Waals surface area contributed by atoms with Gasteiger partial charge in [-0.05, 0) is 62.0 Å². The van der Waals surface area contributed by atoms with E-state index in [0.29, 0.717) is 28.5 Å². The molecular formula is C28H29ClN4O2. The number of hydrogen-bond donors (Lipinski definition) is 2. The molecule has 1 aliphatic rings. The lowest BCUT2D eigenvalue weighted by molar-refractivity contribution is -0.119. The molecule has 0 saturated heterocycles. The van der Waals surface area contributed by atoms with Gasteiger partial charge < -0.3 is 15.5 Å². The van der Waals surface area contributed by atoms with Gasteiger partial charge in [-0.15, -0.1) is 0 Å². The maximum atomic E-state index is 13.0. The SMILES string of the molecule is CCCN(C)CC(=O)N(C)c1ccc(N/C(=C2\C(=O)Nc3cc(Cl)ccc32)c2ccccc2)cc1. The summed E-state index contributed by atoms with van der Waals surface area (Å²) >= 11 is 6.14. The minimum Gasteiger partial charge on any atom is -0.354 e. The lowest BCUT2D eigenvalue weighted by atomic mass is 10.00. The molecule has 0 radical (unpaired) electrons. The number of hydrogen-bond acceptors (Lipinski definition) is 4. The molecule has 2 N–H and O–H groups in total. The molecule has 3 aromatic rings. The summed E-state index contributed by atoms with van der Waals surface area (Å²) in [6.07, 6.45) is 1.00. The second-order valence-electron chi connectivity index (χ2n) is 8.62. The third-order valence-corrected chi connectivity index (χ3v) is 6.18. The minimum atomic E-state index is -0.188. The maximum absolute atomic E-state index is 13.0. The number of nitrogens with one attached hydrogen (secondary N) is 2. The second-order valence-corrected chi connectivity index (χ2v) is 9.06. The highest BCUT2D eigenvalue weighted by atomic mass is 35.5. The van der Waals surface area contributed by atoms with E-state index in [-0.39, 0.29) is 11.8 Å². The number of fused-ring (bicyclic) bond motifs is 1. The van der Waals surface area contributed by atoms with Crippen molar-refractivity contribution in [3.63, 3.8) is 0 Å². The van der Waals surface area contributed by atoms with Crippen LogP contribution in [0.25, 0.3) is 11.3 Å². The zero-order valence-electron chi connectivity index (χ0n) is 20.1. The third-order valence-electron chi connectivity index (χ3n) is 5.95. The number of rotatable bonds is 8. The molecule has 180 valence electrons. The first kappa shape index (κ1) is 24.5. The van der Waals surface area contributed by atoms with Crippen molar-refractivity contribution in [3.8, 4) is 0 Å². The molecule has 0 spiro atoms. The molecule has 6 nitrogen and oxygen atoms in total. The van der Waals surface area contributed by atoms with Crippen molar-refractivity contribution in [1.29, 1.82) is 0 Å². The Morgan fingerprint density at radius 1 is 1.00 bits per heavy atom. The molecule has 0 aromatic heterocycles. The number of amides is 2. The van der Waals surface area contributed by atoms with Crippen LogP contribution in [-0.4, -0.2) is 43.9 Å². The van der Waals surface area contributed by atoms with Crippen LogP contribution < -0.4 is 15.5 Å². The van der Waals surface area contributed by atoms with Crippen LogP contribution in [0.5, 0.6) is 0 Å². The van der Waals surface area contributed by atoms with E-state index in [4.69, 9.17) is 11.6 Å². The largest absolute Gasteiger partial charge is 0.354 e. The summed E-state index contributed by atoms with van der Waals surface area (Å²) in [7, 11) is 3.74. The van der Waals surface area contributed by atoms with E-state index >= 15 is 0 Å². The Morgan fingerprint density at radius 3 is 2.40 bits per heavy atom. The van der Waals surface area contributed by atoms with Gasteiger partial charge >= 0.3 is 0 Å². The van der Waals surface area contributed by atoms with Gasteiger partial charge in [0.05, 0.1) is 23.5 Å². The Hall–Kier alpha value is -3.61. The van der Waals surface area contributed by atoms with Crippen molar-refractivity contribution in [2.45, 2.75) is 13.3 Å². The molecule has 0 aliphatic carbocycles. The predicted octanol–water partition coefficient (Wildman–Crippen LogP) is 5.58. The summed E-state index contributed by atoms with van der Waals surface area (Å²) < 4.78 is 0. The Bertz CT molecular complexity index is 1260. The number of anilines is 3. The molecule has 1 aliphatic heterocycles. The highest BCUT2D eigenvalue weighted by Gasteiger charge is 2.28. The lowest BCUT2D eigenvalue weighted by Crippen LogP contribution is -2.36. The Kier molecular flexibility index (Phi) is 7.54. The number of nitrogens with zero attached hydrogens (tertiary/aromatic N) is 2. The number of carbonyl (C=O) groups excluding carboxylic acids is 2. The summed E-state index contributed by atoms with van der Waals surface area (Å²) in [5.41, 5.74) is 5.23. The van der Waals surface area contributed by atoms with Crippen LogP contribution in [0.4, 0.5) is 17.1 Å². The van der Waals surface area contributed by atoms with Crippen LogP contribution in [0.1, 0.15) is 24.5 Å². The van der Waals surface area contributed by atoms with E-state index in [1.54, 1.807) is 24.1 Å². The van der Waals surface area contributed by atoms with Crippen LogP contribution in [0.3, 0.4) is 0 Å². The van der Waals surface area contributed by atoms with Crippen molar-refractivity contribution in [1.82, 2.24) is 4.90 Å². The fourth-order valence-corrected chi connectivity index (χ4v) is 4.30. The third kappa shape index (κ3) is 5.56.